The van der Waals surface area contributed by atoms with Crippen molar-refractivity contribution in [3.8, 4) is 11.8 Å². The van der Waals surface area contributed by atoms with Crippen LogP contribution in [-0.4, -0.2) is 73.0 Å². The Morgan fingerprint density at radius 2 is 1.85 bits per heavy atom. The first-order chi connectivity index (χ1) is 18.8. The second-order valence-electron chi connectivity index (χ2n) is 9.49. The fourth-order valence-electron chi connectivity index (χ4n) is 4.88. The zero-order valence-corrected chi connectivity index (χ0v) is 21.7. The monoisotopic (exact) mass is 555 g/mol. The number of aromatic hydroxyl groups is 1. The van der Waals surface area contributed by atoms with Crippen molar-refractivity contribution in [3.05, 3.63) is 70.1 Å². The number of aromatic amines is 1. The zero-order valence-electron chi connectivity index (χ0n) is 20.9. The quantitative estimate of drug-likeness (QED) is 0.286. The van der Waals surface area contributed by atoms with Crippen LogP contribution in [-0.2, 0) is 27.2 Å². The van der Waals surface area contributed by atoms with Crippen LogP contribution in [0.5, 0.6) is 5.88 Å². The second-order valence-corrected chi connectivity index (χ2v) is 9.93. The summed E-state index contributed by atoms with van der Waals surface area (Å²) >= 11 is 6.11. The minimum Gasteiger partial charge on any atom is -0.493 e. The van der Waals surface area contributed by atoms with E-state index in [1.54, 1.807) is 35.2 Å². The number of rotatable bonds is 9. The molecule has 2 aromatic heterocycles. The first kappa shape index (κ1) is 26.6. The average Bonchev–Trinajstić information content (AvgIpc) is 3.48. The molecule has 4 aromatic rings. The molecule has 2 aromatic carbocycles. The Kier molecular flexibility index (Phi) is 7.80. The van der Waals surface area contributed by atoms with Crippen molar-refractivity contribution in [3.63, 3.8) is 0 Å². The minimum atomic E-state index is -1.13. The van der Waals surface area contributed by atoms with Crippen molar-refractivity contribution in [1.82, 2.24) is 24.6 Å². The van der Waals surface area contributed by atoms with Gasteiger partial charge in [-0.15, -0.1) is 0 Å². The molecule has 1 aliphatic rings. The van der Waals surface area contributed by atoms with Gasteiger partial charge in [0.05, 0.1) is 16.7 Å². The molecule has 3 heterocycles. The SMILES string of the molecule is O=C(O)COCC(=O)N1CCC(c2nn(-c3nc4cc(Cl)ccc4[nH]3)c(O)c2CCc2ccc(F)cc2)CC1. The Morgan fingerprint density at radius 3 is 2.56 bits per heavy atom. The normalized spacial score (nSPS) is 14.3. The maximum atomic E-state index is 13.4. The predicted octanol–water partition coefficient (Wildman–Crippen LogP) is 3.84. The number of carboxylic acid groups (broad SMARTS) is 1. The van der Waals surface area contributed by atoms with Crippen LogP contribution >= 0.6 is 11.6 Å². The number of hydrogen-bond acceptors (Lipinski definition) is 6. The molecule has 12 heteroatoms. The van der Waals surface area contributed by atoms with Gasteiger partial charge in [-0.1, -0.05) is 23.7 Å². The van der Waals surface area contributed by atoms with E-state index in [0.29, 0.717) is 60.8 Å². The van der Waals surface area contributed by atoms with Crippen molar-refractivity contribution < 1.29 is 28.9 Å². The first-order valence-corrected chi connectivity index (χ1v) is 12.9. The van der Waals surface area contributed by atoms with Gasteiger partial charge in [0, 0.05) is 29.6 Å². The van der Waals surface area contributed by atoms with Gasteiger partial charge < -0.3 is 24.8 Å². The van der Waals surface area contributed by atoms with Crippen LogP contribution in [0.25, 0.3) is 17.0 Å². The molecular formula is C27H27ClFN5O5. The number of carbonyl (C=O) groups is 2. The van der Waals surface area contributed by atoms with Crippen molar-refractivity contribution in [2.75, 3.05) is 26.3 Å². The number of carbonyl (C=O) groups excluding carboxylic acids is 1. The molecule has 1 saturated heterocycles. The summed E-state index contributed by atoms with van der Waals surface area (Å²) in [6.45, 7) is 0.0951. The summed E-state index contributed by atoms with van der Waals surface area (Å²) in [5, 5.41) is 25.3. The molecular weight excluding hydrogens is 529 g/mol. The van der Waals surface area contributed by atoms with Crippen LogP contribution in [0.3, 0.4) is 0 Å². The molecule has 0 spiro atoms. The lowest BCUT2D eigenvalue weighted by Crippen LogP contribution is -2.40. The molecule has 1 amide bonds. The number of imidazole rings is 1. The van der Waals surface area contributed by atoms with Crippen LogP contribution in [0.1, 0.15) is 35.6 Å². The van der Waals surface area contributed by atoms with E-state index < -0.39 is 12.6 Å². The molecule has 0 saturated carbocycles. The van der Waals surface area contributed by atoms with Gasteiger partial charge in [0.2, 0.25) is 17.7 Å². The van der Waals surface area contributed by atoms with E-state index in [1.807, 2.05) is 0 Å². The molecule has 0 atom stereocenters. The Bertz CT molecular complexity index is 1490. The number of amides is 1. The third-order valence-electron chi connectivity index (χ3n) is 6.88. The number of halogens is 2. The van der Waals surface area contributed by atoms with Gasteiger partial charge in [-0.2, -0.15) is 9.78 Å². The summed E-state index contributed by atoms with van der Waals surface area (Å²) in [6.07, 6.45) is 2.27. The summed E-state index contributed by atoms with van der Waals surface area (Å²) in [4.78, 5) is 32.4. The van der Waals surface area contributed by atoms with E-state index in [1.165, 1.54) is 16.8 Å². The lowest BCUT2D eigenvalue weighted by atomic mass is 9.89. The predicted molar refractivity (Wildman–Crippen MR) is 141 cm³/mol. The molecule has 204 valence electrons. The van der Waals surface area contributed by atoms with Crippen LogP contribution in [0.15, 0.2) is 42.5 Å². The number of nitrogens with one attached hydrogen (secondary N) is 1. The zero-order chi connectivity index (χ0) is 27.5. The topological polar surface area (TPSA) is 134 Å². The summed E-state index contributed by atoms with van der Waals surface area (Å²) in [5.41, 5.74) is 3.71. The third-order valence-corrected chi connectivity index (χ3v) is 7.12. The molecule has 39 heavy (non-hydrogen) atoms. The van der Waals surface area contributed by atoms with E-state index in [-0.39, 0.29) is 30.1 Å². The lowest BCUT2D eigenvalue weighted by molar-refractivity contribution is -0.146. The van der Waals surface area contributed by atoms with Gasteiger partial charge in [-0.3, -0.25) is 4.79 Å². The Hall–Kier alpha value is -3.96. The number of likely N-dealkylation sites (tertiary alicyclic amines) is 1. The highest BCUT2D eigenvalue weighted by molar-refractivity contribution is 6.31. The minimum absolute atomic E-state index is 0.0248. The van der Waals surface area contributed by atoms with Gasteiger partial charge in [0.25, 0.3) is 0 Å². The number of carboxylic acids is 1. The fourth-order valence-corrected chi connectivity index (χ4v) is 5.05. The Labute approximate surface area is 228 Å². The van der Waals surface area contributed by atoms with E-state index in [4.69, 9.17) is 26.5 Å². The van der Waals surface area contributed by atoms with Gasteiger partial charge in [-0.05, 0) is 61.6 Å². The third kappa shape index (κ3) is 6.04. The highest BCUT2D eigenvalue weighted by Crippen LogP contribution is 2.36. The molecule has 1 aliphatic heterocycles. The smallest absolute Gasteiger partial charge is 0.329 e. The number of aryl methyl sites for hydroxylation is 1. The molecule has 1 fully saturated rings. The largest absolute Gasteiger partial charge is 0.493 e. The van der Waals surface area contributed by atoms with Crippen LogP contribution in [0.2, 0.25) is 5.02 Å². The van der Waals surface area contributed by atoms with Crippen LogP contribution in [0.4, 0.5) is 4.39 Å². The number of H-pyrrole nitrogens is 1. The second kappa shape index (κ2) is 11.4. The molecule has 3 N–H and O–H groups in total. The van der Waals surface area contributed by atoms with Crippen LogP contribution < -0.4 is 0 Å². The molecule has 5 rings (SSSR count). The number of aliphatic carboxylic acids is 1. The van der Waals surface area contributed by atoms with Crippen molar-refractivity contribution in [2.24, 2.45) is 0 Å². The lowest BCUT2D eigenvalue weighted by Gasteiger charge is -2.31. The Morgan fingerprint density at radius 1 is 1.10 bits per heavy atom. The number of fused-ring (bicyclic) bond motifs is 1. The summed E-state index contributed by atoms with van der Waals surface area (Å²) in [6, 6.07) is 11.5. The van der Waals surface area contributed by atoms with Crippen LogP contribution in [0, 0.1) is 5.82 Å². The number of ether oxygens (including phenoxy) is 1. The van der Waals surface area contributed by atoms with Gasteiger partial charge >= 0.3 is 5.97 Å². The highest BCUT2D eigenvalue weighted by atomic mass is 35.5. The number of nitrogens with zero attached hydrogens (tertiary/aromatic N) is 4. The van der Waals surface area contributed by atoms with Crippen molar-refractivity contribution in [1.29, 1.82) is 0 Å². The molecule has 0 radical (unpaired) electrons. The molecule has 0 aliphatic carbocycles. The maximum Gasteiger partial charge on any atom is 0.329 e. The van der Waals surface area contributed by atoms with E-state index in [2.05, 4.69) is 9.97 Å². The standard InChI is InChI=1S/C27H27ClFN5O5/c28-18-4-8-21-22(13-18)31-27(30-21)34-26(38)20(7-3-16-1-5-19(29)6-2-16)25(32-34)17-9-11-33(12-10-17)23(35)14-39-15-24(36)37/h1-2,4-6,8,13,17,38H,3,7,9-12,14-15H2,(H,30,31)(H,36,37). The van der Waals surface area contributed by atoms with E-state index in [0.717, 1.165) is 16.8 Å². The average molecular weight is 556 g/mol. The molecule has 0 bridgehead atoms. The van der Waals surface area contributed by atoms with Gasteiger partial charge in [0.1, 0.15) is 19.0 Å². The summed E-state index contributed by atoms with van der Waals surface area (Å²) in [5.74, 6) is -1.41. The van der Waals surface area contributed by atoms with E-state index >= 15 is 0 Å². The number of piperidine rings is 1. The fraction of sp³-hybridized carbons (Fsp3) is 0.333. The van der Waals surface area contributed by atoms with Gasteiger partial charge in [0.15, 0.2) is 0 Å². The van der Waals surface area contributed by atoms with Gasteiger partial charge in [-0.25, -0.2) is 14.2 Å². The first-order valence-electron chi connectivity index (χ1n) is 12.6. The number of benzene rings is 2. The molecule has 10 nitrogen and oxygen atoms in total. The highest BCUT2D eigenvalue weighted by Gasteiger charge is 2.30. The molecule has 0 unspecified atom stereocenters. The van der Waals surface area contributed by atoms with Crippen molar-refractivity contribution in [2.45, 2.75) is 31.6 Å². The van der Waals surface area contributed by atoms with E-state index in [9.17, 15) is 19.1 Å². The van der Waals surface area contributed by atoms with Crippen molar-refractivity contribution >= 4 is 34.5 Å². The summed E-state index contributed by atoms with van der Waals surface area (Å²) in [7, 11) is 0. The summed E-state index contributed by atoms with van der Waals surface area (Å²) < 4.78 is 19.7. The maximum absolute atomic E-state index is 13.4. The number of hydrogen-bond donors (Lipinski definition) is 3. The Balaban J connectivity index is 1.38. The number of aromatic nitrogens is 4.